The summed E-state index contributed by atoms with van der Waals surface area (Å²) in [5.41, 5.74) is 0. The van der Waals surface area contributed by atoms with Crippen LogP contribution in [0.1, 0.15) is 103 Å². The normalized spacial score (nSPS) is 11.5. The molecule has 0 rings (SSSR count). The fraction of sp³-hybridized carbons (Fsp3) is 0.900. The summed E-state index contributed by atoms with van der Waals surface area (Å²) >= 11 is 6.98. The van der Waals surface area contributed by atoms with Crippen molar-refractivity contribution in [3.8, 4) is 0 Å². The highest BCUT2D eigenvalue weighted by Crippen LogP contribution is 2.11. The van der Waals surface area contributed by atoms with Crippen molar-refractivity contribution in [3.63, 3.8) is 0 Å². The van der Waals surface area contributed by atoms with Gasteiger partial charge in [-0.1, -0.05) is 108 Å². The van der Waals surface area contributed by atoms with E-state index in [0.717, 1.165) is 0 Å². The molecule has 0 aromatic carbocycles. The summed E-state index contributed by atoms with van der Waals surface area (Å²) in [6.45, 7) is 0. The fourth-order valence-corrected chi connectivity index (χ4v) is 3.51. The molecule has 2 heteroatoms. The Bertz CT molecular complexity index is 192. The lowest BCUT2D eigenvalue weighted by atomic mass is 10.1. The number of hydrogen-bond acceptors (Lipinski definition) is 0. The van der Waals surface area contributed by atoms with Crippen molar-refractivity contribution in [1.29, 1.82) is 0 Å². The zero-order chi connectivity index (χ0) is 16.1. The smallest absolute Gasteiger partial charge is 0.00313 e. The maximum Gasteiger partial charge on any atom is 0.00313 e. The van der Waals surface area contributed by atoms with Gasteiger partial charge in [-0.2, -0.15) is 0 Å². The van der Waals surface area contributed by atoms with Crippen LogP contribution in [0.2, 0.25) is 0 Å². The molecule has 0 amide bonds. The number of hydrogen-bond donors (Lipinski definition) is 0. The Hall–Kier alpha value is 0.700. The van der Waals surface area contributed by atoms with Crippen LogP contribution in [-0.4, -0.2) is 10.7 Å². The first-order chi connectivity index (χ1) is 10.9. The molecule has 0 saturated carbocycles. The van der Waals surface area contributed by atoms with Gasteiger partial charge < -0.3 is 0 Å². The van der Waals surface area contributed by atoms with Crippen LogP contribution in [0.4, 0.5) is 0 Å². The van der Waals surface area contributed by atoms with Crippen molar-refractivity contribution >= 4 is 31.9 Å². The largest absolute Gasteiger partial charge is 0.0928 e. The Morgan fingerprint density at radius 2 is 0.636 bits per heavy atom. The molecule has 0 atom stereocenters. The quantitative estimate of drug-likeness (QED) is 0.114. The van der Waals surface area contributed by atoms with Crippen molar-refractivity contribution in [3.05, 3.63) is 12.2 Å². The van der Waals surface area contributed by atoms with E-state index in [1.807, 2.05) is 0 Å². The van der Waals surface area contributed by atoms with E-state index < -0.39 is 0 Å². The lowest BCUT2D eigenvalue weighted by molar-refractivity contribution is 0.590. The van der Waals surface area contributed by atoms with Gasteiger partial charge in [-0.15, -0.1) is 0 Å². The van der Waals surface area contributed by atoms with Crippen LogP contribution in [0.5, 0.6) is 0 Å². The zero-order valence-electron chi connectivity index (χ0n) is 14.6. The van der Waals surface area contributed by atoms with Gasteiger partial charge in [0.1, 0.15) is 0 Å². The molecule has 0 unspecified atom stereocenters. The van der Waals surface area contributed by atoms with Crippen LogP contribution < -0.4 is 0 Å². The number of rotatable bonds is 18. The van der Waals surface area contributed by atoms with E-state index in [1.54, 1.807) is 0 Å². The van der Waals surface area contributed by atoms with Crippen LogP contribution in [0.15, 0.2) is 12.2 Å². The number of allylic oxidation sites excluding steroid dienone is 2. The summed E-state index contributed by atoms with van der Waals surface area (Å²) in [5.74, 6) is 0. The average Bonchev–Trinajstić information content (AvgIpc) is 2.54. The first kappa shape index (κ1) is 22.7. The van der Waals surface area contributed by atoms with E-state index in [4.69, 9.17) is 0 Å². The van der Waals surface area contributed by atoms with Crippen molar-refractivity contribution in [1.82, 2.24) is 0 Å². The van der Waals surface area contributed by atoms with E-state index in [9.17, 15) is 0 Å². The molecule has 0 aromatic heterocycles. The molecule has 0 bridgehead atoms. The maximum atomic E-state index is 3.49. The van der Waals surface area contributed by atoms with E-state index in [1.165, 1.54) is 113 Å². The molecule has 0 aromatic rings. The topological polar surface area (TPSA) is 0 Å². The summed E-state index contributed by atoms with van der Waals surface area (Å²) in [6.07, 6.45) is 27.2. The molecule has 0 heterocycles. The summed E-state index contributed by atoms with van der Waals surface area (Å²) in [4.78, 5) is 0. The number of halogens is 2. The highest BCUT2D eigenvalue weighted by molar-refractivity contribution is 9.09. The average molecular weight is 438 g/mol. The Morgan fingerprint density at radius 3 is 0.955 bits per heavy atom. The highest BCUT2D eigenvalue weighted by Gasteiger charge is 1.92. The van der Waals surface area contributed by atoms with Crippen LogP contribution in [0.3, 0.4) is 0 Å². The molecule has 0 spiro atoms. The monoisotopic (exact) mass is 436 g/mol. The second-order valence-corrected chi connectivity index (χ2v) is 7.96. The molecule has 0 N–H and O–H groups in total. The third-order valence-electron chi connectivity index (χ3n) is 4.18. The van der Waals surface area contributed by atoms with Gasteiger partial charge in [-0.3, -0.25) is 0 Å². The highest BCUT2D eigenvalue weighted by atomic mass is 79.9. The van der Waals surface area contributed by atoms with Gasteiger partial charge in [-0.05, 0) is 38.5 Å². The standard InChI is InChI=1S/C20H38Br2/c21-19-17-15-13-11-9-7-5-3-1-2-4-6-8-10-12-14-16-18-20-22/h1-2H,3-20H2. The van der Waals surface area contributed by atoms with Gasteiger partial charge >= 0.3 is 0 Å². The third kappa shape index (κ3) is 20.7. The molecule has 22 heavy (non-hydrogen) atoms. The minimum absolute atomic E-state index is 1.18. The Balaban J connectivity index is 3.03. The minimum Gasteiger partial charge on any atom is -0.0928 e. The molecular weight excluding hydrogens is 400 g/mol. The SMILES string of the molecule is BrCCCCCCCCCC=CCCCCCCCCCBr. The minimum atomic E-state index is 1.18. The molecule has 132 valence electrons. The van der Waals surface area contributed by atoms with Gasteiger partial charge in [0.2, 0.25) is 0 Å². The number of unbranched alkanes of at least 4 members (excludes halogenated alkanes) is 14. The molecule has 0 saturated heterocycles. The van der Waals surface area contributed by atoms with Crippen molar-refractivity contribution in [2.24, 2.45) is 0 Å². The van der Waals surface area contributed by atoms with E-state index in [0.29, 0.717) is 0 Å². The Morgan fingerprint density at radius 1 is 0.364 bits per heavy atom. The van der Waals surface area contributed by atoms with E-state index >= 15 is 0 Å². The molecule has 0 aliphatic heterocycles. The molecule has 0 fully saturated rings. The predicted octanol–water partition coefficient (Wildman–Crippen LogP) is 8.57. The fourth-order valence-electron chi connectivity index (χ4n) is 2.72. The van der Waals surface area contributed by atoms with Crippen molar-refractivity contribution < 1.29 is 0 Å². The molecule has 0 aliphatic rings. The Kier molecular flexibility index (Phi) is 22.4. The van der Waals surface area contributed by atoms with Crippen molar-refractivity contribution in [2.45, 2.75) is 103 Å². The van der Waals surface area contributed by atoms with Gasteiger partial charge in [0.15, 0.2) is 0 Å². The molecular formula is C20H38Br2. The van der Waals surface area contributed by atoms with Crippen LogP contribution in [-0.2, 0) is 0 Å². The van der Waals surface area contributed by atoms with E-state index in [2.05, 4.69) is 44.0 Å². The van der Waals surface area contributed by atoms with Crippen molar-refractivity contribution in [2.75, 3.05) is 10.7 Å². The molecule has 0 radical (unpaired) electrons. The first-order valence-corrected chi connectivity index (χ1v) is 11.9. The molecule has 0 aliphatic carbocycles. The molecule has 0 nitrogen and oxygen atoms in total. The third-order valence-corrected chi connectivity index (χ3v) is 5.30. The number of alkyl halides is 2. The summed E-state index contributed by atoms with van der Waals surface area (Å²) < 4.78 is 0. The van der Waals surface area contributed by atoms with Crippen LogP contribution in [0.25, 0.3) is 0 Å². The summed E-state index contributed by atoms with van der Waals surface area (Å²) in [7, 11) is 0. The maximum absolute atomic E-state index is 3.49. The lowest BCUT2D eigenvalue weighted by Crippen LogP contribution is -1.81. The van der Waals surface area contributed by atoms with Gasteiger partial charge in [-0.25, -0.2) is 0 Å². The van der Waals surface area contributed by atoms with Gasteiger partial charge in [0.25, 0.3) is 0 Å². The lowest BCUT2D eigenvalue weighted by Gasteiger charge is -2.00. The van der Waals surface area contributed by atoms with Crippen LogP contribution >= 0.6 is 31.9 Å². The van der Waals surface area contributed by atoms with Gasteiger partial charge in [0.05, 0.1) is 0 Å². The van der Waals surface area contributed by atoms with Gasteiger partial charge in [0, 0.05) is 10.7 Å². The van der Waals surface area contributed by atoms with E-state index in [-0.39, 0.29) is 0 Å². The summed E-state index contributed by atoms with van der Waals surface area (Å²) in [5, 5.41) is 2.35. The second-order valence-electron chi connectivity index (χ2n) is 6.38. The zero-order valence-corrected chi connectivity index (χ0v) is 17.8. The first-order valence-electron chi connectivity index (χ1n) is 9.68. The Labute approximate surface area is 157 Å². The second kappa shape index (κ2) is 21.7. The summed E-state index contributed by atoms with van der Waals surface area (Å²) in [6, 6.07) is 0. The van der Waals surface area contributed by atoms with Crippen LogP contribution in [0, 0.1) is 0 Å². The predicted molar refractivity (Wildman–Crippen MR) is 111 cm³/mol.